The Bertz CT molecular complexity index is 848. The Morgan fingerprint density at radius 2 is 1.73 bits per heavy atom. The lowest BCUT2D eigenvalue weighted by molar-refractivity contribution is 0.0342. The second kappa shape index (κ2) is 8.50. The molecule has 5 nitrogen and oxygen atoms in total. The Balaban J connectivity index is 1.61. The molecule has 0 amide bonds. The highest BCUT2D eigenvalue weighted by molar-refractivity contribution is 7.89. The predicted molar refractivity (Wildman–Crippen MR) is 103 cm³/mol. The van der Waals surface area contributed by atoms with Gasteiger partial charge in [-0.3, -0.25) is 4.90 Å². The summed E-state index contributed by atoms with van der Waals surface area (Å²) < 4.78 is 33.0. The van der Waals surface area contributed by atoms with Gasteiger partial charge in [0.25, 0.3) is 0 Å². The van der Waals surface area contributed by atoms with Crippen LogP contribution in [-0.2, 0) is 27.8 Å². The Morgan fingerprint density at radius 1 is 1.08 bits per heavy atom. The van der Waals surface area contributed by atoms with Crippen molar-refractivity contribution in [3.05, 3.63) is 64.2 Å². The van der Waals surface area contributed by atoms with Gasteiger partial charge in [0, 0.05) is 31.2 Å². The van der Waals surface area contributed by atoms with Gasteiger partial charge in [0.1, 0.15) is 0 Å². The summed E-state index contributed by atoms with van der Waals surface area (Å²) in [5.74, 6) is 0. The molecular formula is C19H23ClN2O3S. The minimum absolute atomic E-state index is 0.217. The average Bonchev–Trinajstić information content (AvgIpc) is 2.64. The summed E-state index contributed by atoms with van der Waals surface area (Å²) in [5, 5.41) is 0.406. The van der Waals surface area contributed by atoms with Crippen molar-refractivity contribution >= 4 is 21.6 Å². The van der Waals surface area contributed by atoms with Crippen LogP contribution in [0.15, 0.2) is 47.4 Å². The van der Waals surface area contributed by atoms with E-state index in [0.717, 1.165) is 38.4 Å². The second-order valence-electron chi connectivity index (χ2n) is 6.44. The van der Waals surface area contributed by atoms with Gasteiger partial charge in [0.2, 0.25) is 10.0 Å². The molecular weight excluding hydrogens is 372 g/mol. The summed E-state index contributed by atoms with van der Waals surface area (Å²) in [6.07, 6.45) is 0. The fraction of sp³-hybridized carbons (Fsp3) is 0.368. The summed E-state index contributed by atoms with van der Waals surface area (Å²) in [6, 6.07) is 12.9. The first kappa shape index (κ1) is 19.3. The van der Waals surface area contributed by atoms with Crippen molar-refractivity contribution < 1.29 is 13.2 Å². The molecule has 1 aliphatic heterocycles. The molecule has 1 saturated heterocycles. The maximum absolute atomic E-state index is 12.5. The molecule has 2 aromatic carbocycles. The third kappa shape index (κ3) is 5.05. The summed E-state index contributed by atoms with van der Waals surface area (Å²) in [7, 11) is -3.60. The third-order valence-corrected chi connectivity index (χ3v) is 6.22. The van der Waals surface area contributed by atoms with Gasteiger partial charge in [0.15, 0.2) is 0 Å². The van der Waals surface area contributed by atoms with Gasteiger partial charge in [-0.15, -0.1) is 0 Å². The highest BCUT2D eigenvalue weighted by atomic mass is 35.5. The molecule has 1 fully saturated rings. The molecule has 0 atom stereocenters. The van der Waals surface area contributed by atoms with Crippen LogP contribution in [0.4, 0.5) is 0 Å². The van der Waals surface area contributed by atoms with E-state index in [0.29, 0.717) is 10.6 Å². The minimum Gasteiger partial charge on any atom is -0.379 e. The summed E-state index contributed by atoms with van der Waals surface area (Å²) in [4.78, 5) is 2.57. The van der Waals surface area contributed by atoms with Crippen LogP contribution in [0.2, 0.25) is 5.02 Å². The van der Waals surface area contributed by atoms with Crippen LogP contribution in [0.3, 0.4) is 0 Å². The van der Waals surface area contributed by atoms with Gasteiger partial charge in [-0.05, 0) is 35.7 Å². The number of ether oxygens (including phenoxy) is 1. The van der Waals surface area contributed by atoms with Crippen molar-refractivity contribution in [1.29, 1.82) is 0 Å². The molecule has 0 saturated carbocycles. The van der Waals surface area contributed by atoms with Crippen LogP contribution in [0.1, 0.15) is 16.7 Å². The molecule has 0 aromatic heterocycles. The average molecular weight is 395 g/mol. The highest BCUT2D eigenvalue weighted by Gasteiger charge is 2.17. The lowest BCUT2D eigenvalue weighted by Crippen LogP contribution is -2.35. The predicted octanol–water partition coefficient (Wildman–Crippen LogP) is 2.96. The molecule has 26 heavy (non-hydrogen) atoms. The van der Waals surface area contributed by atoms with Crippen LogP contribution in [-0.4, -0.2) is 39.6 Å². The van der Waals surface area contributed by atoms with Crippen LogP contribution >= 0.6 is 11.6 Å². The lowest BCUT2D eigenvalue weighted by Gasteiger charge is -2.26. The van der Waals surface area contributed by atoms with E-state index < -0.39 is 10.0 Å². The van der Waals surface area contributed by atoms with Crippen LogP contribution in [0.25, 0.3) is 0 Å². The number of hydrogen-bond acceptors (Lipinski definition) is 4. The standard InChI is InChI=1S/C19H23ClN2O3S/c1-15-2-7-18(20)12-19(15)26(23,24)21-13-16-3-5-17(6-4-16)14-22-8-10-25-11-9-22/h2-7,12,21H,8-11,13-14H2,1H3. The summed E-state index contributed by atoms with van der Waals surface area (Å²) >= 11 is 5.93. The van der Waals surface area contributed by atoms with Crippen molar-refractivity contribution in [3.63, 3.8) is 0 Å². The fourth-order valence-corrected chi connectivity index (χ4v) is 4.42. The first-order chi connectivity index (χ1) is 12.4. The van der Waals surface area contributed by atoms with E-state index in [1.165, 1.54) is 11.6 Å². The topological polar surface area (TPSA) is 58.6 Å². The monoisotopic (exact) mass is 394 g/mol. The molecule has 0 aliphatic carbocycles. The summed E-state index contributed by atoms with van der Waals surface area (Å²) in [5.41, 5.74) is 2.80. The lowest BCUT2D eigenvalue weighted by atomic mass is 10.1. The Labute approximate surface area is 160 Å². The van der Waals surface area contributed by atoms with Gasteiger partial charge in [0.05, 0.1) is 18.1 Å². The largest absolute Gasteiger partial charge is 0.379 e. The smallest absolute Gasteiger partial charge is 0.241 e. The number of aryl methyl sites for hydroxylation is 1. The molecule has 2 aromatic rings. The Morgan fingerprint density at radius 3 is 2.42 bits per heavy atom. The number of benzene rings is 2. The SMILES string of the molecule is Cc1ccc(Cl)cc1S(=O)(=O)NCc1ccc(CN2CCOCC2)cc1. The first-order valence-corrected chi connectivity index (χ1v) is 10.4. The van der Waals surface area contributed by atoms with Gasteiger partial charge in [-0.2, -0.15) is 0 Å². The zero-order chi connectivity index (χ0) is 18.6. The maximum Gasteiger partial charge on any atom is 0.241 e. The zero-order valence-corrected chi connectivity index (χ0v) is 16.3. The normalized spacial score (nSPS) is 15.9. The first-order valence-electron chi connectivity index (χ1n) is 8.58. The second-order valence-corrected chi connectivity index (χ2v) is 8.61. The third-order valence-electron chi connectivity index (χ3n) is 4.44. The molecule has 1 aliphatic rings. The molecule has 0 spiro atoms. The Kier molecular flexibility index (Phi) is 6.32. The maximum atomic E-state index is 12.5. The van der Waals surface area contributed by atoms with Crippen molar-refractivity contribution in [2.24, 2.45) is 0 Å². The van der Waals surface area contributed by atoms with Crippen molar-refractivity contribution in [1.82, 2.24) is 9.62 Å². The number of morpholine rings is 1. The van der Waals surface area contributed by atoms with Crippen molar-refractivity contribution in [3.8, 4) is 0 Å². The number of halogens is 1. The van der Waals surface area contributed by atoms with Crippen molar-refractivity contribution in [2.75, 3.05) is 26.3 Å². The number of sulfonamides is 1. The number of nitrogens with one attached hydrogen (secondary N) is 1. The van der Waals surface area contributed by atoms with E-state index in [-0.39, 0.29) is 11.4 Å². The van der Waals surface area contributed by atoms with E-state index in [4.69, 9.17) is 16.3 Å². The molecule has 0 radical (unpaired) electrons. The molecule has 1 heterocycles. The molecule has 0 unspecified atom stereocenters. The van der Waals surface area contributed by atoms with Gasteiger partial charge >= 0.3 is 0 Å². The van der Waals surface area contributed by atoms with E-state index in [1.54, 1.807) is 19.1 Å². The van der Waals surface area contributed by atoms with Crippen molar-refractivity contribution in [2.45, 2.75) is 24.9 Å². The van der Waals surface area contributed by atoms with E-state index in [9.17, 15) is 8.42 Å². The molecule has 140 valence electrons. The fourth-order valence-electron chi connectivity index (χ4n) is 2.90. The number of rotatable bonds is 6. The quantitative estimate of drug-likeness (QED) is 0.818. The molecule has 1 N–H and O–H groups in total. The van der Waals surface area contributed by atoms with E-state index in [1.807, 2.05) is 24.3 Å². The number of hydrogen-bond donors (Lipinski definition) is 1. The highest BCUT2D eigenvalue weighted by Crippen LogP contribution is 2.20. The van der Waals surface area contributed by atoms with E-state index >= 15 is 0 Å². The molecule has 7 heteroatoms. The van der Waals surface area contributed by atoms with Gasteiger partial charge in [-0.25, -0.2) is 13.1 Å². The van der Waals surface area contributed by atoms with Gasteiger partial charge < -0.3 is 4.74 Å². The zero-order valence-electron chi connectivity index (χ0n) is 14.7. The summed E-state index contributed by atoms with van der Waals surface area (Å²) in [6.45, 7) is 6.33. The number of nitrogens with zero attached hydrogens (tertiary/aromatic N) is 1. The molecule has 3 rings (SSSR count). The van der Waals surface area contributed by atoms with E-state index in [2.05, 4.69) is 9.62 Å². The molecule has 0 bridgehead atoms. The Hall–Kier alpha value is -1.44. The van der Waals surface area contributed by atoms with Crippen LogP contribution in [0, 0.1) is 6.92 Å². The van der Waals surface area contributed by atoms with Crippen LogP contribution < -0.4 is 4.72 Å². The van der Waals surface area contributed by atoms with Gasteiger partial charge in [-0.1, -0.05) is 41.9 Å². The van der Waals surface area contributed by atoms with Crippen LogP contribution in [0.5, 0.6) is 0 Å². The minimum atomic E-state index is -3.60.